The van der Waals surface area contributed by atoms with Gasteiger partial charge in [-0.2, -0.15) is 0 Å². The van der Waals surface area contributed by atoms with Gasteiger partial charge in [0.15, 0.2) is 0 Å². The van der Waals surface area contributed by atoms with E-state index in [1.807, 2.05) is 6.92 Å². The Hall–Kier alpha value is -1.56. The van der Waals surface area contributed by atoms with E-state index in [1.165, 1.54) is 7.11 Å². The third-order valence-electron chi connectivity index (χ3n) is 2.74. The summed E-state index contributed by atoms with van der Waals surface area (Å²) in [6.07, 6.45) is 0.563. The van der Waals surface area contributed by atoms with E-state index in [-0.39, 0.29) is 18.5 Å². The van der Waals surface area contributed by atoms with Crippen LogP contribution >= 0.6 is 15.9 Å². The lowest BCUT2D eigenvalue weighted by Crippen LogP contribution is -2.17. The Morgan fingerprint density at radius 1 is 1.33 bits per heavy atom. The molecule has 21 heavy (non-hydrogen) atoms. The zero-order chi connectivity index (χ0) is 15.8. The van der Waals surface area contributed by atoms with Crippen LogP contribution in [0.25, 0.3) is 0 Å². The fourth-order valence-electron chi connectivity index (χ4n) is 1.70. The van der Waals surface area contributed by atoms with E-state index in [0.717, 1.165) is 4.47 Å². The van der Waals surface area contributed by atoms with Crippen LogP contribution in [0.2, 0.25) is 0 Å². The molecule has 0 saturated heterocycles. The summed E-state index contributed by atoms with van der Waals surface area (Å²) in [5.74, 6) is -0.290. The second-order valence-corrected chi connectivity index (χ2v) is 5.32. The molecular formula is C15H19BrO5. The molecule has 0 aliphatic carbocycles. The maximum Gasteiger partial charge on any atom is 0.341 e. The number of hydrogen-bond acceptors (Lipinski definition) is 5. The Bertz CT molecular complexity index is 501. The molecule has 6 heteroatoms. The summed E-state index contributed by atoms with van der Waals surface area (Å²) in [7, 11) is 1.32. The smallest absolute Gasteiger partial charge is 0.341 e. The molecule has 0 heterocycles. The van der Waals surface area contributed by atoms with Crippen molar-refractivity contribution in [3.05, 3.63) is 28.2 Å². The lowest BCUT2D eigenvalue weighted by atomic mass is 10.2. The van der Waals surface area contributed by atoms with Crippen molar-refractivity contribution in [2.45, 2.75) is 32.8 Å². The number of carbonyl (C=O) groups is 2. The van der Waals surface area contributed by atoms with Gasteiger partial charge in [-0.15, -0.1) is 0 Å². The zero-order valence-corrected chi connectivity index (χ0v) is 13.9. The highest BCUT2D eigenvalue weighted by molar-refractivity contribution is 9.10. The highest BCUT2D eigenvalue weighted by Crippen LogP contribution is 2.25. The number of carbonyl (C=O) groups excluding carboxylic acids is 2. The van der Waals surface area contributed by atoms with E-state index >= 15 is 0 Å². The second kappa shape index (κ2) is 8.67. The molecule has 1 atom stereocenters. The van der Waals surface area contributed by atoms with Crippen LogP contribution in [-0.4, -0.2) is 31.8 Å². The first-order valence-electron chi connectivity index (χ1n) is 6.68. The summed E-state index contributed by atoms with van der Waals surface area (Å²) < 4.78 is 16.1. The minimum absolute atomic E-state index is 0.223. The summed E-state index contributed by atoms with van der Waals surface area (Å²) in [5, 5.41) is 0. The molecular weight excluding hydrogens is 340 g/mol. The molecule has 0 aliphatic heterocycles. The van der Waals surface area contributed by atoms with Crippen molar-refractivity contribution < 1.29 is 23.8 Å². The van der Waals surface area contributed by atoms with Crippen LogP contribution in [0, 0.1) is 0 Å². The molecule has 0 aliphatic rings. The molecule has 1 rings (SSSR count). The quantitative estimate of drug-likeness (QED) is 0.699. The van der Waals surface area contributed by atoms with Gasteiger partial charge in [-0.1, -0.05) is 15.9 Å². The predicted molar refractivity (Wildman–Crippen MR) is 81.4 cm³/mol. The van der Waals surface area contributed by atoms with E-state index in [4.69, 9.17) is 14.2 Å². The van der Waals surface area contributed by atoms with Crippen molar-refractivity contribution in [2.75, 3.05) is 13.7 Å². The maximum absolute atomic E-state index is 11.7. The van der Waals surface area contributed by atoms with Crippen LogP contribution in [0.1, 0.15) is 37.0 Å². The van der Waals surface area contributed by atoms with Crippen molar-refractivity contribution in [3.63, 3.8) is 0 Å². The Morgan fingerprint density at radius 3 is 2.67 bits per heavy atom. The topological polar surface area (TPSA) is 61.8 Å². The van der Waals surface area contributed by atoms with Gasteiger partial charge in [-0.05, 0) is 38.5 Å². The van der Waals surface area contributed by atoms with Gasteiger partial charge < -0.3 is 14.2 Å². The molecule has 1 aromatic rings. The molecule has 1 aromatic carbocycles. The number of methoxy groups -OCH3 is 1. The van der Waals surface area contributed by atoms with Gasteiger partial charge in [0.1, 0.15) is 11.3 Å². The van der Waals surface area contributed by atoms with Crippen LogP contribution in [0.3, 0.4) is 0 Å². The first kappa shape index (κ1) is 17.5. The molecule has 0 spiro atoms. The van der Waals surface area contributed by atoms with Gasteiger partial charge in [-0.3, -0.25) is 4.79 Å². The largest absolute Gasteiger partial charge is 0.490 e. The minimum Gasteiger partial charge on any atom is -0.490 e. The van der Waals surface area contributed by atoms with Crippen LogP contribution in [0.15, 0.2) is 22.7 Å². The van der Waals surface area contributed by atoms with E-state index < -0.39 is 5.97 Å². The van der Waals surface area contributed by atoms with E-state index in [9.17, 15) is 9.59 Å². The molecule has 0 aromatic heterocycles. The van der Waals surface area contributed by atoms with Gasteiger partial charge in [-0.25, -0.2) is 4.79 Å². The molecule has 0 radical (unpaired) electrons. The Kier molecular flexibility index (Phi) is 7.22. The van der Waals surface area contributed by atoms with Crippen LogP contribution in [-0.2, 0) is 14.3 Å². The summed E-state index contributed by atoms with van der Waals surface area (Å²) in [4.78, 5) is 23.0. The van der Waals surface area contributed by atoms with Crippen LogP contribution < -0.4 is 4.74 Å². The highest BCUT2D eigenvalue weighted by Gasteiger charge is 2.16. The summed E-state index contributed by atoms with van der Waals surface area (Å²) in [6.45, 7) is 3.97. The van der Waals surface area contributed by atoms with Crippen LogP contribution in [0.5, 0.6) is 5.75 Å². The van der Waals surface area contributed by atoms with Gasteiger partial charge in [0, 0.05) is 10.9 Å². The molecule has 0 amide bonds. The van der Waals surface area contributed by atoms with E-state index in [1.54, 1.807) is 25.1 Å². The minimum atomic E-state index is -0.469. The van der Waals surface area contributed by atoms with Crippen LogP contribution in [0.4, 0.5) is 0 Å². The Balaban J connectivity index is 2.69. The van der Waals surface area contributed by atoms with E-state index in [2.05, 4.69) is 15.9 Å². The molecule has 0 saturated carbocycles. The predicted octanol–water partition coefficient (Wildman–Crippen LogP) is 3.35. The number of halogens is 1. The van der Waals surface area contributed by atoms with Gasteiger partial charge in [0.25, 0.3) is 0 Å². The highest BCUT2D eigenvalue weighted by atomic mass is 79.9. The van der Waals surface area contributed by atoms with Gasteiger partial charge in [0.2, 0.25) is 0 Å². The Labute approximate surface area is 132 Å². The van der Waals surface area contributed by atoms with Crippen molar-refractivity contribution >= 4 is 27.9 Å². The third-order valence-corrected chi connectivity index (χ3v) is 3.23. The average molecular weight is 359 g/mol. The molecule has 0 N–H and O–H groups in total. The van der Waals surface area contributed by atoms with Crippen molar-refractivity contribution in [1.29, 1.82) is 0 Å². The number of esters is 2. The summed E-state index contributed by atoms with van der Waals surface area (Å²) >= 11 is 3.30. The molecule has 0 fully saturated rings. The molecule has 0 unspecified atom stereocenters. The third kappa shape index (κ3) is 5.75. The maximum atomic E-state index is 11.7. The Morgan fingerprint density at radius 2 is 2.05 bits per heavy atom. The molecule has 5 nitrogen and oxygen atoms in total. The second-order valence-electron chi connectivity index (χ2n) is 4.40. The van der Waals surface area contributed by atoms with Gasteiger partial charge in [0.05, 0.1) is 19.8 Å². The van der Waals surface area contributed by atoms with Crippen molar-refractivity contribution in [3.8, 4) is 5.75 Å². The number of ether oxygens (including phenoxy) is 3. The van der Waals surface area contributed by atoms with E-state index in [0.29, 0.717) is 24.3 Å². The lowest BCUT2D eigenvalue weighted by molar-refractivity contribution is -0.143. The first-order chi connectivity index (χ1) is 9.97. The fourth-order valence-corrected chi connectivity index (χ4v) is 2.07. The standard InChI is InChI=1S/C15H19BrO5/c1-4-20-14(17)8-5-10(2)21-13-7-6-11(16)9-12(13)15(18)19-3/h6-7,9-10H,4-5,8H2,1-3H3/t10-/m0/s1. The monoisotopic (exact) mass is 358 g/mol. The SMILES string of the molecule is CCOC(=O)CC[C@H](C)Oc1ccc(Br)cc1C(=O)OC. The number of rotatable bonds is 7. The molecule has 0 bridgehead atoms. The number of benzene rings is 1. The molecule has 116 valence electrons. The average Bonchev–Trinajstić information content (AvgIpc) is 2.46. The number of hydrogen-bond donors (Lipinski definition) is 0. The van der Waals surface area contributed by atoms with Crippen molar-refractivity contribution in [2.24, 2.45) is 0 Å². The zero-order valence-electron chi connectivity index (χ0n) is 12.3. The summed E-state index contributed by atoms with van der Waals surface area (Å²) in [5.41, 5.74) is 0.342. The lowest BCUT2D eigenvalue weighted by Gasteiger charge is -2.16. The summed E-state index contributed by atoms with van der Waals surface area (Å²) in [6, 6.07) is 5.11. The normalized spacial score (nSPS) is 11.6. The fraction of sp³-hybridized carbons (Fsp3) is 0.467. The van der Waals surface area contributed by atoms with Gasteiger partial charge >= 0.3 is 11.9 Å². The first-order valence-corrected chi connectivity index (χ1v) is 7.47. The van der Waals surface area contributed by atoms with Crippen molar-refractivity contribution in [1.82, 2.24) is 0 Å².